The summed E-state index contributed by atoms with van der Waals surface area (Å²) in [7, 11) is 1.74. The molecule has 0 spiro atoms. The first-order valence-electron chi connectivity index (χ1n) is 5.43. The first-order chi connectivity index (χ1) is 7.13. The summed E-state index contributed by atoms with van der Waals surface area (Å²) in [5.41, 5.74) is 10.7. The third kappa shape index (κ3) is 4.15. The molecule has 0 saturated carbocycles. The van der Waals surface area contributed by atoms with Crippen molar-refractivity contribution in [2.45, 2.75) is 31.4 Å². The highest BCUT2D eigenvalue weighted by Gasteiger charge is 2.20. The Morgan fingerprint density at radius 3 is 3.00 bits per heavy atom. The molecule has 1 aliphatic heterocycles. The lowest BCUT2D eigenvalue weighted by molar-refractivity contribution is -0.119. The molecule has 5 heteroatoms. The highest BCUT2D eigenvalue weighted by Crippen LogP contribution is 2.12. The van der Waals surface area contributed by atoms with Crippen molar-refractivity contribution in [3.63, 3.8) is 0 Å². The van der Waals surface area contributed by atoms with Crippen molar-refractivity contribution in [3.8, 4) is 0 Å². The normalized spacial score (nSPS) is 25.1. The van der Waals surface area contributed by atoms with E-state index in [1.165, 1.54) is 0 Å². The van der Waals surface area contributed by atoms with Crippen molar-refractivity contribution < 1.29 is 9.53 Å². The van der Waals surface area contributed by atoms with E-state index >= 15 is 0 Å². The van der Waals surface area contributed by atoms with Crippen LogP contribution in [0, 0.1) is 0 Å². The second-order valence-corrected chi connectivity index (χ2v) is 4.10. The minimum atomic E-state index is -0.520. The first kappa shape index (κ1) is 12.4. The SMILES string of the molecule is COC1CCCN(CCC(N)C(N)=O)C1. The fourth-order valence-electron chi connectivity index (χ4n) is 1.87. The zero-order valence-corrected chi connectivity index (χ0v) is 9.32. The second kappa shape index (κ2) is 6.05. The van der Waals surface area contributed by atoms with Crippen LogP contribution in [0.3, 0.4) is 0 Å². The summed E-state index contributed by atoms with van der Waals surface area (Å²) in [6.45, 7) is 2.82. The average Bonchev–Trinajstić information content (AvgIpc) is 2.26. The Hall–Kier alpha value is -0.650. The second-order valence-electron chi connectivity index (χ2n) is 4.10. The van der Waals surface area contributed by atoms with Gasteiger partial charge in [0.1, 0.15) is 0 Å². The number of hydrogen-bond donors (Lipinski definition) is 2. The number of nitrogens with two attached hydrogens (primary N) is 2. The largest absolute Gasteiger partial charge is 0.380 e. The molecule has 1 aliphatic rings. The van der Waals surface area contributed by atoms with Gasteiger partial charge >= 0.3 is 0 Å². The monoisotopic (exact) mass is 215 g/mol. The molecule has 1 rings (SSSR count). The quantitative estimate of drug-likeness (QED) is 0.635. The molecule has 0 aromatic rings. The zero-order chi connectivity index (χ0) is 11.3. The Morgan fingerprint density at radius 2 is 2.40 bits per heavy atom. The van der Waals surface area contributed by atoms with Crippen LogP contribution in [-0.4, -0.2) is 49.7 Å². The van der Waals surface area contributed by atoms with Crippen LogP contribution in [0.2, 0.25) is 0 Å². The molecule has 0 aromatic heterocycles. The van der Waals surface area contributed by atoms with Gasteiger partial charge in [-0.1, -0.05) is 0 Å². The number of rotatable bonds is 5. The summed E-state index contributed by atoms with van der Waals surface area (Å²) in [5.74, 6) is -0.421. The first-order valence-corrected chi connectivity index (χ1v) is 5.43. The Labute approximate surface area is 90.7 Å². The molecule has 0 radical (unpaired) electrons. The predicted octanol–water partition coefficient (Wildman–Crippen LogP) is -0.700. The van der Waals surface area contributed by atoms with Gasteiger partial charge in [-0.3, -0.25) is 4.79 Å². The van der Waals surface area contributed by atoms with E-state index in [1.54, 1.807) is 7.11 Å². The van der Waals surface area contributed by atoms with Gasteiger partial charge in [-0.05, 0) is 25.8 Å². The van der Waals surface area contributed by atoms with Crippen LogP contribution in [0.15, 0.2) is 0 Å². The van der Waals surface area contributed by atoms with Gasteiger partial charge in [0.05, 0.1) is 12.1 Å². The maximum Gasteiger partial charge on any atom is 0.234 e. The van der Waals surface area contributed by atoms with Crippen molar-refractivity contribution in [3.05, 3.63) is 0 Å². The van der Waals surface area contributed by atoms with Gasteiger partial charge < -0.3 is 21.1 Å². The minimum absolute atomic E-state index is 0.323. The maximum atomic E-state index is 10.7. The van der Waals surface area contributed by atoms with Crippen LogP contribution in [0.25, 0.3) is 0 Å². The zero-order valence-electron chi connectivity index (χ0n) is 9.32. The van der Waals surface area contributed by atoms with Crippen molar-refractivity contribution >= 4 is 5.91 Å². The van der Waals surface area contributed by atoms with E-state index < -0.39 is 11.9 Å². The number of likely N-dealkylation sites (tertiary alicyclic amines) is 1. The van der Waals surface area contributed by atoms with E-state index in [0.29, 0.717) is 12.5 Å². The summed E-state index contributed by atoms with van der Waals surface area (Å²) in [4.78, 5) is 13.0. The van der Waals surface area contributed by atoms with Gasteiger partial charge in [0.25, 0.3) is 0 Å². The van der Waals surface area contributed by atoms with Gasteiger partial charge in [0.15, 0.2) is 0 Å². The van der Waals surface area contributed by atoms with Gasteiger partial charge in [0.2, 0.25) is 5.91 Å². The highest BCUT2D eigenvalue weighted by atomic mass is 16.5. The summed E-state index contributed by atoms with van der Waals surface area (Å²) in [6.07, 6.45) is 3.22. The Kier molecular flexibility index (Phi) is 5.01. The lowest BCUT2D eigenvalue weighted by Crippen LogP contribution is -2.43. The summed E-state index contributed by atoms with van der Waals surface area (Å²) in [5, 5.41) is 0. The molecular weight excluding hydrogens is 194 g/mol. The molecule has 88 valence electrons. The third-order valence-corrected chi connectivity index (χ3v) is 2.92. The van der Waals surface area contributed by atoms with Crippen LogP contribution in [0.5, 0.6) is 0 Å². The van der Waals surface area contributed by atoms with E-state index in [-0.39, 0.29) is 0 Å². The van der Waals surface area contributed by atoms with Gasteiger partial charge in [0, 0.05) is 20.2 Å². The average molecular weight is 215 g/mol. The van der Waals surface area contributed by atoms with Crippen molar-refractivity contribution in [2.75, 3.05) is 26.7 Å². The smallest absolute Gasteiger partial charge is 0.234 e. The van der Waals surface area contributed by atoms with E-state index in [9.17, 15) is 4.79 Å². The highest BCUT2D eigenvalue weighted by molar-refractivity contribution is 5.79. The molecule has 15 heavy (non-hydrogen) atoms. The number of ether oxygens (including phenoxy) is 1. The van der Waals surface area contributed by atoms with Crippen LogP contribution in [0.1, 0.15) is 19.3 Å². The molecule has 1 fully saturated rings. The number of primary amides is 1. The van der Waals surface area contributed by atoms with Gasteiger partial charge in [-0.15, -0.1) is 0 Å². The van der Waals surface area contributed by atoms with Crippen molar-refractivity contribution in [2.24, 2.45) is 11.5 Å². The van der Waals surface area contributed by atoms with Crippen LogP contribution >= 0.6 is 0 Å². The Morgan fingerprint density at radius 1 is 1.67 bits per heavy atom. The fourth-order valence-corrected chi connectivity index (χ4v) is 1.87. The topological polar surface area (TPSA) is 81.6 Å². The number of nitrogens with zero attached hydrogens (tertiary/aromatic N) is 1. The summed E-state index contributed by atoms with van der Waals surface area (Å²) < 4.78 is 5.31. The van der Waals surface area contributed by atoms with Crippen LogP contribution in [0.4, 0.5) is 0 Å². The van der Waals surface area contributed by atoms with Gasteiger partial charge in [-0.25, -0.2) is 0 Å². The number of hydrogen-bond acceptors (Lipinski definition) is 4. The molecule has 0 aromatic carbocycles. The standard InChI is InChI=1S/C10H21N3O2/c1-15-8-3-2-5-13(7-8)6-4-9(11)10(12)14/h8-9H,2-7,11H2,1H3,(H2,12,14). The minimum Gasteiger partial charge on any atom is -0.380 e. The number of piperidine rings is 1. The maximum absolute atomic E-state index is 10.7. The van der Waals surface area contributed by atoms with Crippen LogP contribution in [-0.2, 0) is 9.53 Å². The number of carbonyl (C=O) groups excluding carboxylic acids is 1. The molecule has 0 aliphatic carbocycles. The molecule has 1 amide bonds. The van der Waals surface area contributed by atoms with Crippen LogP contribution < -0.4 is 11.5 Å². The Bertz CT molecular complexity index is 211. The molecule has 1 heterocycles. The lowest BCUT2D eigenvalue weighted by Gasteiger charge is -2.32. The Balaban J connectivity index is 2.23. The lowest BCUT2D eigenvalue weighted by atomic mass is 10.1. The predicted molar refractivity (Wildman–Crippen MR) is 58.3 cm³/mol. The molecule has 2 atom stereocenters. The number of methoxy groups -OCH3 is 1. The molecule has 0 bridgehead atoms. The molecule has 2 unspecified atom stereocenters. The fraction of sp³-hybridized carbons (Fsp3) is 0.900. The number of amides is 1. The third-order valence-electron chi connectivity index (χ3n) is 2.92. The number of carbonyl (C=O) groups is 1. The molecule has 1 saturated heterocycles. The van der Waals surface area contributed by atoms with Crippen molar-refractivity contribution in [1.29, 1.82) is 0 Å². The van der Waals surface area contributed by atoms with E-state index in [1.807, 2.05) is 0 Å². The van der Waals surface area contributed by atoms with E-state index in [4.69, 9.17) is 16.2 Å². The molecule has 4 N–H and O–H groups in total. The van der Waals surface area contributed by atoms with E-state index in [2.05, 4.69) is 4.90 Å². The summed E-state index contributed by atoms with van der Waals surface area (Å²) >= 11 is 0. The molecular formula is C10H21N3O2. The van der Waals surface area contributed by atoms with Crippen molar-refractivity contribution in [1.82, 2.24) is 4.90 Å². The molecule has 5 nitrogen and oxygen atoms in total. The summed E-state index contributed by atoms with van der Waals surface area (Å²) in [6, 6.07) is -0.520. The van der Waals surface area contributed by atoms with E-state index in [0.717, 1.165) is 32.5 Å². The van der Waals surface area contributed by atoms with Gasteiger partial charge in [-0.2, -0.15) is 0 Å².